The highest BCUT2D eigenvalue weighted by Gasteiger charge is 2.30. The van der Waals surface area contributed by atoms with Crippen molar-refractivity contribution in [3.05, 3.63) is 47.0 Å². The van der Waals surface area contributed by atoms with Crippen LogP contribution in [0.25, 0.3) is 0 Å². The lowest BCUT2D eigenvalue weighted by Crippen LogP contribution is -2.36. The number of Topliss-reactive ketones (excluding diaryl/α,β-unsaturated/α-hetero) is 1. The molecule has 1 unspecified atom stereocenters. The summed E-state index contributed by atoms with van der Waals surface area (Å²) in [4.78, 5) is 24.8. The molecule has 0 N–H and O–H groups in total. The third kappa shape index (κ3) is 4.79. The van der Waals surface area contributed by atoms with Gasteiger partial charge in [0.05, 0.1) is 19.2 Å². The number of rotatable bonds is 7. The van der Waals surface area contributed by atoms with Crippen molar-refractivity contribution in [2.45, 2.75) is 19.9 Å². The van der Waals surface area contributed by atoms with Gasteiger partial charge >= 0.3 is 0 Å². The molecule has 0 aliphatic carbocycles. The fraction of sp³-hybridized carbons (Fsp3) is 0.263. The molecule has 0 saturated carbocycles. The topological polar surface area (TPSA) is 80.6 Å². The average Bonchev–Trinajstić information content (AvgIpc) is 2.69. The maximum absolute atomic E-state index is 12.8. The number of halogens is 2. The van der Waals surface area contributed by atoms with Crippen molar-refractivity contribution in [1.29, 1.82) is 0 Å². The molecular formula is C19H19Cl2N3O4. The van der Waals surface area contributed by atoms with Gasteiger partial charge in [0.1, 0.15) is 22.9 Å². The van der Waals surface area contributed by atoms with E-state index < -0.39 is 17.7 Å². The third-order valence-electron chi connectivity index (χ3n) is 3.86. The Balaban J connectivity index is 2.36. The number of carbonyl (C=O) groups excluding carboxylic acids is 2. The molecule has 28 heavy (non-hydrogen) atoms. The van der Waals surface area contributed by atoms with Crippen molar-refractivity contribution >= 4 is 46.4 Å². The first-order valence-corrected chi connectivity index (χ1v) is 8.90. The number of ether oxygens (including phenoxy) is 2. The van der Waals surface area contributed by atoms with Crippen LogP contribution in [0.1, 0.15) is 12.5 Å². The van der Waals surface area contributed by atoms with Crippen LogP contribution < -0.4 is 13.9 Å². The molecule has 9 heteroatoms. The van der Waals surface area contributed by atoms with Crippen molar-refractivity contribution < 1.29 is 19.1 Å². The standard InChI is InChI=1S/C19H19Cl2N3O4/c1-11-6-5-7-14(17(11)20)22-23-18(12(2)25)19(26)24(21)15-10-13(27-3)8-9-16(15)28-4/h5-10,18H,1-4H3. The molecule has 0 aromatic heterocycles. The smallest absolute Gasteiger partial charge is 0.276 e. The lowest BCUT2D eigenvalue weighted by molar-refractivity contribution is -0.126. The van der Waals surface area contributed by atoms with Crippen molar-refractivity contribution in [2.75, 3.05) is 18.6 Å². The Morgan fingerprint density at radius 3 is 2.46 bits per heavy atom. The van der Waals surface area contributed by atoms with E-state index in [2.05, 4.69) is 10.2 Å². The van der Waals surface area contributed by atoms with Crippen molar-refractivity contribution in [1.82, 2.24) is 0 Å². The molecule has 0 heterocycles. The number of hydrogen-bond donors (Lipinski definition) is 0. The normalized spacial score (nSPS) is 11.9. The summed E-state index contributed by atoms with van der Waals surface area (Å²) in [5, 5.41) is 8.24. The summed E-state index contributed by atoms with van der Waals surface area (Å²) >= 11 is 12.4. The lowest BCUT2D eigenvalue weighted by Gasteiger charge is -2.19. The van der Waals surface area contributed by atoms with Gasteiger partial charge < -0.3 is 9.47 Å². The number of hydrogen-bond acceptors (Lipinski definition) is 6. The molecule has 0 aliphatic heterocycles. The summed E-state index contributed by atoms with van der Waals surface area (Å²) in [6, 6.07) is 8.50. The Kier molecular flexibility index (Phi) is 7.37. The second kappa shape index (κ2) is 9.52. The van der Waals surface area contributed by atoms with Gasteiger partial charge in [-0.25, -0.2) is 4.42 Å². The van der Waals surface area contributed by atoms with Crippen LogP contribution in [0.3, 0.4) is 0 Å². The first-order valence-electron chi connectivity index (χ1n) is 8.18. The molecule has 7 nitrogen and oxygen atoms in total. The maximum atomic E-state index is 12.8. The number of benzene rings is 2. The van der Waals surface area contributed by atoms with E-state index in [9.17, 15) is 9.59 Å². The van der Waals surface area contributed by atoms with Crippen LogP contribution in [0.15, 0.2) is 46.6 Å². The second-order valence-electron chi connectivity index (χ2n) is 5.79. The summed E-state index contributed by atoms with van der Waals surface area (Å²) in [5.41, 5.74) is 1.35. The van der Waals surface area contributed by atoms with Crippen LogP contribution in [0.5, 0.6) is 11.5 Å². The zero-order chi connectivity index (χ0) is 20.8. The number of methoxy groups -OCH3 is 2. The number of azo groups is 1. The zero-order valence-electron chi connectivity index (χ0n) is 15.8. The van der Waals surface area contributed by atoms with Gasteiger partial charge in [-0.3, -0.25) is 9.59 Å². The van der Waals surface area contributed by atoms with Crippen LogP contribution in [-0.4, -0.2) is 32.0 Å². The highest BCUT2D eigenvalue weighted by atomic mass is 35.5. The number of amides is 1. The summed E-state index contributed by atoms with van der Waals surface area (Å²) in [7, 11) is 2.91. The van der Waals surface area contributed by atoms with Gasteiger partial charge in [0, 0.05) is 17.8 Å². The van der Waals surface area contributed by atoms with Crippen molar-refractivity contribution in [2.24, 2.45) is 10.2 Å². The molecule has 0 saturated heterocycles. The van der Waals surface area contributed by atoms with E-state index in [1.165, 1.54) is 27.2 Å². The number of aryl methyl sites for hydroxylation is 1. The molecule has 0 fully saturated rings. The maximum Gasteiger partial charge on any atom is 0.276 e. The van der Waals surface area contributed by atoms with Crippen LogP contribution >= 0.6 is 23.4 Å². The molecule has 1 atom stereocenters. The fourth-order valence-electron chi connectivity index (χ4n) is 2.31. The molecule has 0 radical (unpaired) electrons. The van der Waals surface area contributed by atoms with Gasteiger partial charge in [0.15, 0.2) is 5.78 Å². The van der Waals surface area contributed by atoms with E-state index in [0.717, 1.165) is 9.98 Å². The van der Waals surface area contributed by atoms with E-state index in [4.69, 9.17) is 32.9 Å². The summed E-state index contributed by atoms with van der Waals surface area (Å²) in [6.45, 7) is 3.04. The predicted octanol–water partition coefficient (Wildman–Crippen LogP) is 4.89. The molecular weight excluding hydrogens is 405 g/mol. The zero-order valence-corrected chi connectivity index (χ0v) is 17.3. The highest BCUT2D eigenvalue weighted by molar-refractivity contribution is 6.39. The monoisotopic (exact) mass is 423 g/mol. The minimum Gasteiger partial charge on any atom is -0.497 e. The van der Waals surface area contributed by atoms with Crippen molar-refractivity contribution in [3.63, 3.8) is 0 Å². The van der Waals surface area contributed by atoms with Crippen molar-refractivity contribution in [3.8, 4) is 11.5 Å². The van der Waals surface area contributed by atoms with Crippen LogP contribution in [-0.2, 0) is 9.59 Å². The van der Waals surface area contributed by atoms with Gasteiger partial charge in [-0.15, -0.1) is 0 Å². The van der Waals surface area contributed by atoms with Gasteiger partial charge in [-0.1, -0.05) is 23.7 Å². The molecule has 0 spiro atoms. The first kappa shape index (κ1) is 21.7. The Bertz CT molecular complexity index is 918. The molecule has 2 aromatic rings. The van der Waals surface area contributed by atoms with E-state index >= 15 is 0 Å². The van der Waals surface area contributed by atoms with Gasteiger partial charge in [-0.05, 0) is 37.6 Å². The molecule has 0 aliphatic rings. The van der Waals surface area contributed by atoms with Gasteiger partial charge in [0.25, 0.3) is 5.91 Å². The van der Waals surface area contributed by atoms with E-state index in [1.54, 1.807) is 24.3 Å². The lowest BCUT2D eigenvalue weighted by atomic mass is 10.2. The van der Waals surface area contributed by atoms with Crippen LogP contribution in [0.4, 0.5) is 11.4 Å². The van der Waals surface area contributed by atoms with Crippen LogP contribution in [0, 0.1) is 6.92 Å². The summed E-state index contributed by atoms with van der Waals surface area (Å²) < 4.78 is 11.1. The Morgan fingerprint density at radius 1 is 1.14 bits per heavy atom. The van der Waals surface area contributed by atoms with E-state index in [-0.39, 0.29) is 5.69 Å². The molecule has 2 aromatic carbocycles. The van der Waals surface area contributed by atoms with E-state index in [1.807, 2.05) is 13.0 Å². The Hall–Kier alpha value is -2.64. The third-order valence-corrected chi connectivity index (χ3v) is 4.70. The Morgan fingerprint density at radius 2 is 1.86 bits per heavy atom. The number of carbonyl (C=O) groups is 2. The minimum atomic E-state index is -1.44. The predicted molar refractivity (Wildman–Crippen MR) is 108 cm³/mol. The number of ketones is 1. The molecule has 148 valence electrons. The first-order chi connectivity index (χ1) is 13.3. The molecule has 1 amide bonds. The SMILES string of the molecule is COc1ccc(OC)c(N(Cl)C(=O)C(N=Nc2cccc(C)c2Cl)C(C)=O)c1. The highest BCUT2D eigenvalue weighted by Crippen LogP contribution is 2.34. The van der Waals surface area contributed by atoms with Gasteiger partial charge in [0.2, 0.25) is 6.04 Å². The molecule has 2 rings (SSSR count). The van der Waals surface area contributed by atoms with Crippen LogP contribution in [0.2, 0.25) is 5.02 Å². The number of nitrogens with zero attached hydrogens (tertiary/aromatic N) is 3. The summed E-state index contributed by atoms with van der Waals surface area (Å²) in [6.07, 6.45) is 0. The average molecular weight is 424 g/mol. The molecule has 0 bridgehead atoms. The number of anilines is 1. The fourth-order valence-corrected chi connectivity index (χ4v) is 2.70. The largest absolute Gasteiger partial charge is 0.497 e. The minimum absolute atomic E-state index is 0.212. The van der Waals surface area contributed by atoms with Gasteiger partial charge in [-0.2, -0.15) is 10.2 Å². The quantitative estimate of drug-likeness (QED) is 0.360. The second-order valence-corrected chi connectivity index (χ2v) is 6.51. The summed E-state index contributed by atoms with van der Waals surface area (Å²) in [5.74, 6) is -0.523. The van der Waals surface area contributed by atoms with E-state index in [0.29, 0.717) is 22.2 Å². The Labute approximate surface area is 173 Å².